The van der Waals surface area contributed by atoms with Crippen LogP contribution in [0.25, 0.3) is 0 Å². The van der Waals surface area contributed by atoms with Crippen molar-refractivity contribution in [2.75, 3.05) is 14.2 Å². The van der Waals surface area contributed by atoms with Gasteiger partial charge in [0.05, 0.1) is 0 Å². The van der Waals surface area contributed by atoms with Crippen LogP contribution in [0.3, 0.4) is 0 Å². The van der Waals surface area contributed by atoms with E-state index in [1.54, 1.807) is 0 Å². The maximum atomic E-state index is 12.7. The molecular formula is C24H44O4Sn. The summed E-state index contributed by atoms with van der Waals surface area (Å²) >= 11 is -2.39. The van der Waals surface area contributed by atoms with E-state index in [0.29, 0.717) is 18.8 Å². The Morgan fingerprint density at radius 1 is 0.931 bits per heavy atom. The van der Waals surface area contributed by atoms with Crippen LogP contribution in [0.1, 0.15) is 72.1 Å². The predicted molar refractivity (Wildman–Crippen MR) is 123 cm³/mol. The third-order valence-electron chi connectivity index (χ3n) is 7.13. The van der Waals surface area contributed by atoms with Gasteiger partial charge in [-0.15, -0.1) is 0 Å². The first kappa shape index (κ1) is 26.5. The van der Waals surface area contributed by atoms with Crippen molar-refractivity contribution in [1.29, 1.82) is 0 Å². The number of ether oxygens (including phenoxy) is 2. The topological polar surface area (TPSA) is 52.6 Å². The van der Waals surface area contributed by atoms with Gasteiger partial charge in [0.25, 0.3) is 0 Å². The Hall–Kier alpha value is -0.521. The molecule has 0 heterocycles. The number of carbonyl (C=O) groups is 2. The van der Waals surface area contributed by atoms with Gasteiger partial charge in [-0.25, -0.2) is 0 Å². The summed E-state index contributed by atoms with van der Waals surface area (Å²) < 4.78 is 15.7. The molecule has 2 unspecified atom stereocenters. The SMILES string of the molecule is C=CC1CC(C(=O)OC)(C(=O)OC)CC1[CH2][Sn]([CH2]CCC)([CH2]CCC)[CH2]CCC. The Labute approximate surface area is 183 Å². The number of rotatable bonds is 14. The zero-order chi connectivity index (χ0) is 21.9. The molecule has 2 atom stereocenters. The fraction of sp³-hybridized carbons (Fsp3) is 0.833. The Morgan fingerprint density at radius 2 is 1.38 bits per heavy atom. The molecule has 168 valence electrons. The van der Waals surface area contributed by atoms with Crippen LogP contribution in [0.4, 0.5) is 0 Å². The molecule has 0 amide bonds. The minimum absolute atomic E-state index is 0.189. The van der Waals surface area contributed by atoms with E-state index in [1.165, 1.54) is 70.5 Å². The molecule has 0 N–H and O–H groups in total. The van der Waals surface area contributed by atoms with E-state index in [4.69, 9.17) is 9.47 Å². The van der Waals surface area contributed by atoms with Crippen molar-refractivity contribution in [1.82, 2.24) is 0 Å². The second-order valence-corrected chi connectivity index (χ2v) is 23.2. The standard InChI is InChI=1S/C12H17O4.3C4H9.Sn/c1-5-9-7-12(6-8(9)2,10(13)15-3)11(14)16-4;3*1-3-4-2;/h5,8-9H,1-2,6-7H2,3-4H3;3*1,3-4H2,2H3;. The Bertz CT molecular complexity index is 493. The van der Waals surface area contributed by atoms with Crippen molar-refractivity contribution in [2.45, 2.75) is 89.9 Å². The molecule has 5 heteroatoms. The van der Waals surface area contributed by atoms with Gasteiger partial charge in [0.15, 0.2) is 0 Å². The van der Waals surface area contributed by atoms with Crippen LogP contribution in [0.15, 0.2) is 12.7 Å². The molecule has 29 heavy (non-hydrogen) atoms. The van der Waals surface area contributed by atoms with Crippen LogP contribution >= 0.6 is 0 Å². The second-order valence-electron chi connectivity index (χ2n) is 9.15. The number of esters is 2. The van der Waals surface area contributed by atoms with E-state index in [0.717, 1.165) is 0 Å². The van der Waals surface area contributed by atoms with Crippen LogP contribution in [-0.4, -0.2) is 44.5 Å². The normalized spacial score (nSPS) is 21.0. The molecule has 0 radical (unpaired) electrons. The minimum atomic E-state index is -2.39. The summed E-state index contributed by atoms with van der Waals surface area (Å²) in [5.74, 6) is -0.327. The third-order valence-corrected chi connectivity index (χ3v) is 23.2. The molecule has 1 fully saturated rings. The van der Waals surface area contributed by atoms with Crippen molar-refractivity contribution in [2.24, 2.45) is 17.3 Å². The summed E-state index contributed by atoms with van der Waals surface area (Å²) in [6.07, 6.45) is 10.8. The van der Waals surface area contributed by atoms with E-state index in [9.17, 15) is 9.59 Å². The Morgan fingerprint density at radius 3 is 1.72 bits per heavy atom. The number of hydrogen-bond donors (Lipinski definition) is 0. The van der Waals surface area contributed by atoms with Gasteiger partial charge in [0, 0.05) is 0 Å². The first-order valence-electron chi connectivity index (χ1n) is 11.7. The summed E-state index contributed by atoms with van der Waals surface area (Å²) in [6.45, 7) is 10.9. The van der Waals surface area contributed by atoms with Gasteiger partial charge in [0.1, 0.15) is 0 Å². The van der Waals surface area contributed by atoms with Gasteiger partial charge in [-0.05, 0) is 0 Å². The average Bonchev–Trinajstić information content (AvgIpc) is 3.12. The fourth-order valence-electron chi connectivity index (χ4n) is 5.45. The second kappa shape index (κ2) is 13.0. The molecule has 0 spiro atoms. The monoisotopic (exact) mass is 516 g/mol. The van der Waals surface area contributed by atoms with Crippen LogP contribution in [-0.2, 0) is 19.1 Å². The molecule has 1 aliphatic rings. The molecule has 0 saturated heterocycles. The van der Waals surface area contributed by atoms with Crippen molar-refractivity contribution >= 4 is 30.3 Å². The van der Waals surface area contributed by atoms with Gasteiger partial charge in [-0.1, -0.05) is 0 Å². The Balaban J connectivity index is 3.21. The van der Waals surface area contributed by atoms with E-state index in [-0.39, 0.29) is 5.92 Å². The number of unbranched alkanes of at least 4 members (excludes halogenated alkanes) is 3. The number of carbonyl (C=O) groups excluding carboxylic acids is 2. The summed E-state index contributed by atoms with van der Waals surface area (Å²) in [6, 6.07) is 0. The molecule has 0 aromatic heterocycles. The van der Waals surface area contributed by atoms with E-state index in [2.05, 4.69) is 27.4 Å². The van der Waals surface area contributed by atoms with Gasteiger partial charge in [-0.2, -0.15) is 0 Å². The fourth-order valence-corrected chi connectivity index (χ4v) is 23.2. The van der Waals surface area contributed by atoms with Crippen molar-refractivity contribution in [3.63, 3.8) is 0 Å². The first-order chi connectivity index (χ1) is 13.9. The van der Waals surface area contributed by atoms with Crippen LogP contribution < -0.4 is 0 Å². The van der Waals surface area contributed by atoms with Gasteiger partial charge < -0.3 is 0 Å². The van der Waals surface area contributed by atoms with Gasteiger partial charge >= 0.3 is 183 Å². The quantitative estimate of drug-likeness (QED) is 0.117. The molecule has 4 nitrogen and oxygen atoms in total. The number of hydrogen-bond acceptors (Lipinski definition) is 4. The van der Waals surface area contributed by atoms with Crippen LogP contribution in [0, 0.1) is 17.3 Å². The summed E-state index contributed by atoms with van der Waals surface area (Å²) in [5.41, 5.74) is -1.15. The summed E-state index contributed by atoms with van der Waals surface area (Å²) in [5, 5.41) is 0. The van der Waals surface area contributed by atoms with Crippen LogP contribution in [0.2, 0.25) is 17.7 Å². The molecule has 0 aromatic rings. The van der Waals surface area contributed by atoms with E-state index >= 15 is 0 Å². The van der Waals surface area contributed by atoms with Crippen molar-refractivity contribution in [3.8, 4) is 0 Å². The van der Waals surface area contributed by atoms with Crippen LogP contribution in [0.5, 0.6) is 0 Å². The molecule has 0 aliphatic heterocycles. The zero-order valence-electron chi connectivity index (χ0n) is 19.6. The van der Waals surface area contributed by atoms with E-state index in [1.807, 2.05) is 6.08 Å². The molecule has 1 saturated carbocycles. The summed E-state index contributed by atoms with van der Waals surface area (Å²) in [7, 11) is 2.74. The maximum absolute atomic E-state index is 12.7. The van der Waals surface area contributed by atoms with Crippen molar-refractivity contribution < 1.29 is 19.1 Å². The average molecular weight is 515 g/mol. The number of methoxy groups -OCH3 is 2. The molecule has 0 bridgehead atoms. The van der Waals surface area contributed by atoms with Crippen molar-refractivity contribution in [3.05, 3.63) is 12.7 Å². The Kier molecular flexibility index (Phi) is 11.9. The number of allylic oxidation sites excluding steroid dienone is 1. The van der Waals surface area contributed by atoms with Gasteiger partial charge in [-0.3, -0.25) is 0 Å². The molecule has 0 aromatic carbocycles. The zero-order valence-corrected chi connectivity index (χ0v) is 22.4. The molecule has 1 aliphatic carbocycles. The van der Waals surface area contributed by atoms with Gasteiger partial charge in [0.2, 0.25) is 0 Å². The predicted octanol–water partition coefficient (Wildman–Crippen LogP) is 6.38. The molecule has 1 rings (SSSR count). The molecular weight excluding hydrogens is 471 g/mol. The first-order valence-corrected chi connectivity index (χ1v) is 19.7. The van der Waals surface area contributed by atoms with E-state index < -0.39 is 35.7 Å². The third kappa shape index (κ3) is 6.73. The summed E-state index contributed by atoms with van der Waals surface area (Å²) in [4.78, 5) is 25.4.